The van der Waals surface area contributed by atoms with Gasteiger partial charge in [0, 0.05) is 12.8 Å². The molecule has 0 aliphatic rings. The largest absolute Gasteiger partial charge is 0.478 e. The first-order chi connectivity index (χ1) is 7.91. The van der Waals surface area contributed by atoms with Crippen molar-refractivity contribution in [1.29, 1.82) is 0 Å². The molecule has 0 spiro atoms. The molecule has 1 aromatic carbocycles. The maximum Gasteiger partial charge on any atom is 0.336 e. The Morgan fingerprint density at radius 3 is 1.71 bits per heavy atom. The summed E-state index contributed by atoms with van der Waals surface area (Å²) >= 11 is 0. The van der Waals surface area contributed by atoms with Crippen LogP contribution >= 0.6 is 0 Å². The molecular formula is C13H14O4. The molecule has 0 saturated heterocycles. The number of ketones is 2. The van der Waals surface area contributed by atoms with Crippen LogP contribution < -0.4 is 0 Å². The van der Waals surface area contributed by atoms with E-state index in [1.807, 2.05) is 0 Å². The molecule has 4 heteroatoms. The zero-order valence-electron chi connectivity index (χ0n) is 9.82. The predicted octanol–water partition coefficient (Wildman–Crippen LogP) is 1.65. The Kier molecular flexibility index (Phi) is 4.15. The predicted molar refractivity (Wildman–Crippen MR) is 62.2 cm³/mol. The SMILES string of the molecule is CC(=O)Cc1cccc(CC(C)=O)c1C(=O)O. The van der Waals surface area contributed by atoms with Crippen LogP contribution in [0.2, 0.25) is 0 Å². The van der Waals surface area contributed by atoms with Crippen LogP contribution in [0.3, 0.4) is 0 Å². The molecule has 1 rings (SSSR count). The van der Waals surface area contributed by atoms with Crippen LogP contribution in [0, 0.1) is 0 Å². The van der Waals surface area contributed by atoms with Crippen molar-refractivity contribution in [3.8, 4) is 0 Å². The van der Waals surface area contributed by atoms with Gasteiger partial charge in [-0.2, -0.15) is 0 Å². The molecule has 0 heterocycles. The van der Waals surface area contributed by atoms with Crippen LogP contribution in [-0.2, 0) is 22.4 Å². The lowest BCUT2D eigenvalue weighted by Gasteiger charge is -2.09. The molecule has 0 aliphatic carbocycles. The lowest BCUT2D eigenvalue weighted by atomic mass is 9.95. The van der Waals surface area contributed by atoms with E-state index < -0.39 is 5.97 Å². The smallest absolute Gasteiger partial charge is 0.336 e. The van der Waals surface area contributed by atoms with Crippen molar-refractivity contribution in [1.82, 2.24) is 0 Å². The van der Waals surface area contributed by atoms with Gasteiger partial charge in [-0.15, -0.1) is 0 Å². The molecular weight excluding hydrogens is 220 g/mol. The second kappa shape index (κ2) is 5.39. The molecule has 0 unspecified atom stereocenters. The Bertz CT molecular complexity index is 440. The van der Waals surface area contributed by atoms with Crippen LogP contribution in [-0.4, -0.2) is 22.6 Å². The number of hydrogen-bond donors (Lipinski definition) is 1. The zero-order chi connectivity index (χ0) is 13.0. The molecule has 0 saturated carbocycles. The second-order valence-corrected chi connectivity index (χ2v) is 4.01. The average Bonchev–Trinajstić information content (AvgIpc) is 2.14. The van der Waals surface area contributed by atoms with Gasteiger partial charge in [0.2, 0.25) is 0 Å². The van der Waals surface area contributed by atoms with Gasteiger partial charge in [0.1, 0.15) is 11.6 Å². The quantitative estimate of drug-likeness (QED) is 0.840. The molecule has 0 radical (unpaired) electrons. The van der Waals surface area contributed by atoms with E-state index in [2.05, 4.69) is 0 Å². The van der Waals surface area contributed by atoms with E-state index in [4.69, 9.17) is 5.11 Å². The standard InChI is InChI=1S/C13H14O4/c1-8(14)6-10-4-3-5-11(7-9(2)15)12(10)13(16)17/h3-5H,6-7H2,1-2H3,(H,16,17). The number of carboxylic acid groups (broad SMARTS) is 1. The minimum absolute atomic E-state index is 0.0768. The van der Waals surface area contributed by atoms with Crippen molar-refractivity contribution >= 4 is 17.5 Å². The average molecular weight is 234 g/mol. The second-order valence-electron chi connectivity index (χ2n) is 4.01. The molecule has 0 atom stereocenters. The Hall–Kier alpha value is -1.97. The third kappa shape index (κ3) is 3.52. The van der Waals surface area contributed by atoms with Crippen molar-refractivity contribution in [3.05, 3.63) is 34.9 Å². The van der Waals surface area contributed by atoms with Crippen LogP contribution in [0.5, 0.6) is 0 Å². The van der Waals surface area contributed by atoms with E-state index >= 15 is 0 Å². The topological polar surface area (TPSA) is 71.4 Å². The van der Waals surface area contributed by atoms with Crippen molar-refractivity contribution in [3.63, 3.8) is 0 Å². The lowest BCUT2D eigenvalue weighted by molar-refractivity contribution is -0.117. The molecule has 4 nitrogen and oxygen atoms in total. The molecule has 0 amide bonds. The minimum atomic E-state index is -1.10. The number of Topliss-reactive ketones (excluding diaryl/α,β-unsaturated/α-hetero) is 2. The van der Waals surface area contributed by atoms with Crippen LogP contribution in [0.4, 0.5) is 0 Å². The van der Waals surface area contributed by atoms with E-state index in [-0.39, 0.29) is 30.0 Å². The fourth-order valence-corrected chi connectivity index (χ4v) is 1.76. The molecule has 0 fully saturated rings. The summed E-state index contributed by atoms with van der Waals surface area (Å²) in [5.41, 5.74) is 1.01. The summed E-state index contributed by atoms with van der Waals surface area (Å²) in [6, 6.07) is 4.88. The highest BCUT2D eigenvalue weighted by atomic mass is 16.4. The third-order valence-corrected chi connectivity index (χ3v) is 2.33. The third-order valence-electron chi connectivity index (χ3n) is 2.33. The summed E-state index contributed by atoms with van der Waals surface area (Å²) in [6.45, 7) is 2.81. The number of carbonyl (C=O) groups excluding carboxylic acids is 2. The molecule has 0 bridgehead atoms. The van der Waals surface area contributed by atoms with Gasteiger partial charge in [0.05, 0.1) is 5.56 Å². The lowest BCUT2D eigenvalue weighted by Crippen LogP contribution is -2.11. The maximum absolute atomic E-state index is 11.2. The van der Waals surface area contributed by atoms with Gasteiger partial charge in [-0.3, -0.25) is 9.59 Å². The van der Waals surface area contributed by atoms with Crippen molar-refractivity contribution < 1.29 is 19.5 Å². The number of hydrogen-bond acceptors (Lipinski definition) is 3. The number of benzene rings is 1. The first kappa shape index (κ1) is 13.1. The highest BCUT2D eigenvalue weighted by molar-refractivity contribution is 5.95. The van der Waals surface area contributed by atoms with E-state index in [0.29, 0.717) is 11.1 Å². The number of aromatic carboxylic acids is 1. The summed E-state index contributed by atoms with van der Waals surface area (Å²) in [7, 11) is 0. The summed E-state index contributed by atoms with van der Waals surface area (Å²) in [6.07, 6.45) is 0.154. The van der Waals surface area contributed by atoms with Gasteiger partial charge >= 0.3 is 5.97 Å². The van der Waals surface area contributed by atoms with Crippen LogP contribution in [0.1, 0.15) is 35.3 Å². The van der Waals surface area contributed by atoms with Gasteiger partial charge in [-0.05, 0) is 25.0 Å². The maximum atomic E-state index is 11.2. The Morgan fingerprint density at radius 2 is 1.41 bits per heavy atom. The van der Waals surface area contributed by atoms with Gasteiger partial charge in [0.25, 0.3) is 0 Å². The highest BCUT2D eigenvalue weighted by Gasteiger charge is 2.16. The monoisotopic (exact) mass is 234 g/mol. The first-order valence-electron chi connectivity index (χ1n) is 5.24. The van der Waals surface area contributed by atoms with Gasteiger partial charge in [0.15, 0.2) is 0 Å². The van der Waals surface area contributed by atoms with E-state index in [9.17, 15) is 14.4 Å². The fourth-order valence-electron chi connectivity index (χ4n) is 1.76. The van der Waals surface area contributed by atoms with E-state index in [1.54, 1.807) is 18.2 Å². The van der Waals surface area contributed by atoms with Gasteiger partial charge < -0.3 is 5.11 Å². The molecule has 17 heavy (non-hydrogen) atoms. The molecule has 0 aromatic heterocycles. The van der Waals surface area contributed by atoms with Crippen LogP contribution in [0.25, 0.3) is 0 Å². The van der Waals surface area contributed by atoms with Gasteiger partial charge in [-0.25, -0.2) is 4.79 Å². The van der Waals surface area contributed by atoms with E-state index in [1.165, 1.54) is 13.8 Å². The molecule has 1 N–H and O–H groups in total. The number of carbonyl (C=O) groups is 3. The summed E-state index contributed by atoms with van der Waals surface area (Å²) in [5, 5.41) is 9.15. The van der Waals surface area contributed by atoms with Crippen molar-refractivity contribution in [2.75, 3.05) is 0 Å². The Labute approximate surface area is 99.3 Å². The summed E-state index contributed by atoms with van der Waals surface area (Å²) in [4.78, 5) is 33.3. The number of carboxylic acids is 1. The number of rotatable bonds is 5. The van der Waals surface area contributed by atoms with Crippen LogP contribution in [0.15, 0.2) is 18.2 Å². The first-order valence-corrected chi connectivity index (χ1v) is 5.24. The zero-order valence-corrected chi connectivity index (χ0v) is 9.82. The van der Waals surface area contributed by atoms with Crippen molar-refractivity contribution in [2.45, 2.75) is 26.7 Å². The molecule has 1 aromatic rings. The fraction of sp³-hybridized carbons (Fsp3) is 0.308. The Balaban J connectivity index is 3.26. The van der Waals surface area contributed by atoms with Crippen molar-refractivity contribution in [2.24, 2.45) is 0 Å². The minimum Gasteiger partial charge on any atom is -0.478 e. The normalized spacial score (nSPS) is 10.0. The Morgan fingerprint density at radius 1 is 1.00 bits per heavy atom. The molecule has 0 aliphatic heterocycles. The molecule has 90 valence electrons. The van der Waals surface area contributed by atoms with Gasteiger partial charge in [-0.1, -0.05) is 18.2 Å². The summed E-state index contributed by atoms with van der Waals surface area (Å²) < 4.78 is 0. The van der Waals surface area contributed by atoms with E-state index in [0.717, 1.165) is 0 Å². The highest BCUT2D eigenvalue weighted by Crippen LogP contribution is 2.17. The summed E-state index contributed by atoms with van der Waals surface area (Å²) in [5.74, 6) is -1.31.